The van der Waals surface area contributed by atoms with E-state index in [0.29, 0.717) is 17.3 Å². The number of fused-ring (bicyclic) bond motifs is 1. The van der Waals surface area contributed by atoms with Gasteiger partial charge in [-0.15, -0.1) is 0 Å². The average molecular weight is 513 g/mol. The van der Waals surface area contributed by atoms with Gasteiger partial charge in [-0.25, -0.2) is 9.07 Å². The van der Waals surface area contributed by atoms with Crippen molar-refractivity contribution in [2.24, 2.45) is 0 Å². The smallest absolute Gasteiger partial charge is 0.423 e. The first-order chi connectivity index (χ1) is 16.8. The number of halogens is 7. The molecule has 4 rings (SSSR count). The van der Waals surface area contributed by atoms with Gasteiger partial charge in [-0.05, 0) is 60.2 Å². The number of anilines is 1. The van der Waals surface area contributed by atoms with Gasteiger partial charge in [-0.3, -0.25) is 0 Å². The Morgan fingerprint density at radius 2 is 1.58 bits per heavy atom. The molecular weight excluding hydrogens is 495 g/mol. The SMILES string of the molecule is COc1ccc(C(F)(F)F)cc1NCC(O)(c1ccc2c(cnn2-c2ccc(F)cc2)c1)C(F)(F)F. The molecule has 1 aromatic heterocycles. The summed E-state index contributed by atoms with van der Waals surface area (Å²) in [5, 5.41) is 17.4. The van der Waals surface area contributed by atoms with Gasteiger partial charge >= 0.3 is 12.4 Å². The van der Waals surface area contributed by atoms with E-state index in [1.807, 2.05) is 0 Å². The second-order valence-corrected chi connectivity index (χ2v) is 7.93. The van der Waals surface area contributed by atoms with Gasteiger partial charge in [-0.1, -0.05) is 6.07 Å². The van der Waals surface area contributed by atoms with Crippen LogP contribution in [0.2, 0.25) is 0 Å². The van der Waals surface area contributed by atoms with Gasteiger partial charge in [0.2, 0.25) is 5.60 Å². The fourth-order valence-corrected chi connectivity index (χ4v) is 3.69. The van der Waals surface area contributed by atoms with E-state index in [1.165, 1.54) is 41.2 Å². The number of methoxy groups -OCH3 is 1. The van der Waals surface area contributed by atoms with E-state index in [4.69, 9.17) is 4.74 Å². The fraction of sp³-hybridized carbons (Fsp3) is 0.208. The largest absolute Gasteiger partial charge is 0.495 e. The maximum atomic E-state index is 14.1. The molecule has 5 nitrogen and oxygen atoms in total. The van der Waals surface area contributed by atoms with Gasteiger partial charge in [0.25, 0.3) is 0 Å². The van der Waals surface area contributed by atoms with Crippen LogP contribution < -0.4 is 10.1 Å². The molecule has 3 aromatic carbocycles. The first-order valence-corrected chi connectivity index (χ1v) is 10.4. The Labute approximate surface area is 199 Å². The quantitative estimate of drug-likeness (QED) is 0.308. The minimum atomic E-state index is -5.20. The van der Waals surface area contributed by atoms with Crippen molar-refractivity contribution in [3.63, 3.8) is 0 Å². The summed E-state index contributed by atoms with van der Waals surface area (Å²) in [5.41, 5.74) is -4.65. The molecular formula is C24H18F7N3O2. The number of rotatable bonds is 6. The molecule has 0 amide bonds. The van der Waals surface area contributed by atoms with Crippen molar-refractivity contribution in [2.45, 2.75) is 18.0 Å². The number of nitrogens with one attached hydrogen (secondary N) is 1. The van der Waals surface area contributed by atoms with Crippen molar-refractivity contribution >= 4 is 16.6 Å². The molecule has 36 heavy (non-hydrogen) atoms. The molecule has 0 fully saturated rings. The molecule has 0 saturated heterocycles. The highest BCUT2D eigenvalue weighted by molar-refractivity contribution is 5.81. The molecule has 0 aliphatic heterocycles. The van der Waals surface area contributed by atoms with Crippen LogP contribution in [0.1, 0.15) is 11.1 Å². The van der Waals surface area contributed by atoms with Crippen LogP contribution in [0.4, 0.5) is 36.4 Å². The number of ether oxygens (including phenoxy) is 1. The minimum absolute atomic E-state index is 0.136. The van der Waals surface area contributed by atoms with E-state index in [0.717, 1.165) is 31.4 Å². The van der Waals surface area contributed by atoms with Crippen molar-refractivity contribution in [2.75, 3.05) is 19.0 Å². The van der Waals surface area contributed by atoms with Crippen LogP contribution in [0.5, 0.6) is 5.75 Å². The standard InChI is InChI=1S/C24H18F7N3O2/c1-36-21-9-3-16(23(26,27)28)11-19(21)32-13-22(35,24(29,30)31)15-2-8-20-14(10-15)12-33-34(20)18-6-4-17(25)5-7-18/h2-12,32,35H,13H2,1H3. The lowest BCUT2D eigenvalue weighted by Crippen LogP contribution is -2.47. The Morgan fingerprint density at radius 3 is 2.19 bits per heavy atom. The Kier molecular flexibility index (Phi) is 6.33. The lowest BCUT2D eigenvalue weighted by Gasteiger charge is -2.32. The second-order valence-electron chi connectivity index (χ2n) is 7.93. The molecule has 1 unspecified atom stereocenters. The first-order valence-electron chi connectivity index (χ1n) is 10.4. The van der Waals surface area contributed by atoms with Crippen LogP contribution in [0, 0.1) is 5.82 Å². The van der Waals surface area contributed by atoms with Gasteiger partial charge in [0.15, 0.2) is 0 Å². The lowest BCUT2D eigenvalue weighted by atomic mass is 9.91. The molecule has 190 valence electrons. The summed E-state index contributed by atoms with van der Waals surface area (Å²) in [6.45, 7) is -1.20. The monoisotopic (exact) mass is 513 g/mol. The Bertz CT molecular complexity index is 1380. The van der Waals surface area contributed by atoms with Crippen LogP contribution in [-0.2, 0) is 11.8 Å². The minimum Gasteiger partial charge on any atom is -0.495 e. The van der Waals surface area contributed by atoms with Gasteiger partial charge in [0, 0.05) is 5.39 Å². The molecule has 0 aliphatic rings. The predicted octanol–water partition coefficient (Wildman–Crippen LogP) is 6.05. The summed E-state index contributed by atoms with van der Waals surface area (Å²) in [5.74, 6) is -0.610. The number of aromatic nitrogens is 2. The lowest BCUT2D eigenvalue weighted by molar-refractivity contribution is -0.260. The van der Waals surface area contributed by atoms with Crippen molar-refractivity contribution in [1.82, 2.24) is 9.78 Å². The van der Waals surface area contributed by atoms with E-state index in [1.54, 1.807) is 0 Å². The van der Waals surface area contributed by atoms with Gasteiger partial charge in [0.1, 0.15) is 11.6 Å². The summed E-state index contributed by atoms with van der Waals surface area (Å²) in [7, 11) is 1.15. The zero-order chi connectivity index (χ0) is 26.3. The van der Waals surface area contributed by atoms with Crippen LogP contribution in [-0.4, -0.2) is 34.7 Å². The molecule has 0 aliphatic carbocycles. The van der Waals surface area contributed by atoms with Crippen molar-refractivity contribution in [3.05, 3.63) is 83.8 Å². The van der Waals surface area contributed by atoms with Gasteiger partial charge < -0.3 is 15.2 Å². The molecule has 1 heterocycles. The fourth-order valence-electron chi connectivity index (χ4n) is 3.69. The number of hydrogen-bond acceptors (Lipinski definition) is 4. The van der Waals surface area contributed by atoms with Crippen molar-refractivity contribution < 1.29 is 40.6 Å². The Balaban J connectivity index is 1.70. The van der Waals surface area contributed by atoms with E-state index in [2.05, 4.69) is 10.4 Å². The van der Waals surface area contributed by atoms with E-state index in [9.17, 15) is 35.8 Å². The third-order valence-electron chi connectivity index (χ3n) is 5.65. The summed E-state index contributed by atoms with van der Waals surface area (Å²) in [6, 6.07) is 11.0. The summed E-state index contributed by atoms with van der Waals surface area (Å²) in [4.78, 5) is 0. The first kappa shape index (κ1) is 25.3. The van der Waals surface area contributed by atoms with E-state index >= 15 is 0 Å². The maximum absolute atomic E-state index is 14.1. The number of nitrogens with zero attached hydrogens (tertiary/aromatic N) is 2. The normalized spacial score (nSPS) is 14.0. The second kappa shape index (κ2) is 9.01. The molecule has 0 bridgehead atoms. The average Bonchev–Trinajstić information content (AvgIpc) is 3.25. The molecule has 4 aromatic rings. The number of benzene rings is 3. The number of aliphatic hydroxyl groups is 1. The predicted molar refractivity (Wildman–Crippen MR) is 117 cm³/mol. The zero-order valence-corrected chi connectivity index (χ0v) is 18.5. The molecule has 0 spiro atoms. The topological polar surface area (TPSA) is 59.3 Å². The van der Waals surface area contributed by atoms with Crippen LogP contribution in [0.15, 0.2) is 66.9 Å². The van der Waals surface area contributed by atoms with Crippen LogP contribution in [0.3, 0.4) is 0 Å². The Hall–Kier alpha value is -3.80. The van der Waals surface area contributed by atoms with E-state index in [-0.39, 0.29) is 16.8 Å². The maximum Gasteiger partial charge on any atom is 0.423 e. The van der Waals surface area contributed by atoms with Gasteiger partial charge in [-0.2, -0.15) is 31.4 Å². The number of alkyl halides is 6. The van der Waals surface area contributed by atoms with E-state index < -0.39 is 41.4 Å². The van der Waals surface area contributed by atoms with Crippen molar-refractivity contribution in [1.29, 1.82) is 0 Å². The molecule has 0 saturated carbocycles. The molecule has 2 N–H and O–H groups in total. The molecule has 1 atom stereocenters. The van der Waals surface area contributed by atoms with Crippen molar-refractivity contribution in [3.8, 4) is 11.4 Å². The molecule has 0 radical (unpaired) electrons. The third kappa shape index (κ3) is 4.68. The highest BCUT2D eigenvalue weighted by Crippen LogP contribution is 2.41. The molecule has 12 heteroatoms. The third-order valence-corrected chi connectivity index (χ3v) is 5.65. The highest BCUT2D eigenvalue weighted by Gasteiger charge is 2.55. The van der Waals surface area contributed by atoms with Crippen LogP contribution >= 0.6 is 0 Å². The summed E-state index contributed by atoms with van der Waals surface area (Å²) >= 11 is 0. The number of hydrogen-bond donors (Lipinski definition) is 2. The van der Waals surface area contributed by atoms with Gasteiger partial charge in [0.05, 0.1) is 42.3 Å². The van der Waals surface area contributed by atoms with Crippen LogP contribution in [0.25, 0.3) is 16.6 Å². The summed E-state index contributed by atoms with van der Waals surface area (Å²) < 4.78 is 101. The zero-order valence-electron chi connectivity index (χ0n) is 18.5. The highest BCUT2D eigenvalue weighted by atomic mass is 19.4. The summed E-state index contributed by atoms with van der Waals surface area (Å²) in [6.07, 6.45) is -8.66. The Morgan fingerprint density at radius 1 is 0.917 bits per heavy atom.